The van der Waals surface area contributed by atoms with Crippen LogP contribution in [0, 0.1) is 45.8 Å². The molecule has 10 heteroatoms. The zero-order valence-electron chi connectivity index (χ0n) is 33.4. The van der Waals surface area contributed by atoms with E-state index in [4.69, 9.17) is 14.2 Å². The number of esters is 2. The molecule has 10 nitrogen and oxygen atoms in total. The summed E-state index contributed by atoms with van der Waals surface area (Å²) in [7, 11) is 0. The molecule has 4 rings (SSSR count). The van der Waals surface area contributed by atoms with Gasteiger partial charge < -0.3 is 34.6 Å². The Balaban J connectivity index is 1.95. The van der Waals surface area contributed by atoms with Crippen molar-refractivity contribution in [1.29, 1.82) is 0 Å². The van der Waals surface area contributed by atoms with Crippen LogP contribution in [0.1, 0.15) is 121 Å². The largest absolute Gasteiger partial charge is 0.481 e. The van der Waals surface area contributed by atoms with Crippen LogP contribution in [0.3, 0.4) is 0 Å². The number of carboxylic acid groups (broad SMARTS) is 1. The first kappa shape index (κ1) is 42.2. The Morgan fingerprint density at radius 2 is 1.73 bits per heavy atom. The van der Waals surface area contributed by atoms with Crippen LogP contribution in [0.2, 0.25) is 0 Å². The molecule has 0 aromatic carbocycles. The van der Waals surface area contributed by atoms with Crippen molar-refractivity contribution < 1.29 is 49.0 Å². The SMILES string of the molecule is C/C=C(\C)[C@@H](O)C(=O)O[C@@H]1C[C@H](C(C)(C)O)[C@](C)(CCC(=O)O)[C@H]2[C@H](OC(=O)[C@H](O)[C@H](C)CC)C[C@]3(C)C(=CC[C@H]3[C@H]3CO[C@H](C=C(C)C)C3)[C@@]21C. The van der Waals surface area contributed by atoms with Crippen molar-refractivity contribution >= 4 is 17.9 Å². The van der Waals surface area contributed by atoms with Gasteiger partial charge in [-0.2, -0.15) is 0 Å². The van der Waals surface area contributed by atoms with E-state index in [0.717, 1.165) is 18.4 Å². The number of hydrogen-bond donors (Lipinski definition) is 4. The quantitative estimate of drug-likeness (QED) is 0.121. The third-order valence-electron chi connectivity index (χ3n) is 13.8. The Morgan fingerprint density at radius 1 is 1.08 bits per heavy atom. The Kier molecular flexibility index (Phi) is 12.7. The predicted octanol–water partition coefficient (Wildman–Crippen LogP) is 6.56. The van der Waals surface area contributed by atoms with Crippen LogP contribution in [0.4, 0.5) is 0 Å². The minimum Gasteiger partial charge on any atom is -0.481 e. The number of ether oxygens (including phenoxy) is 3. The zero-order valence-corrected chi connectivity index (χ0v) is 33.4. The number of allylic oxidation sites excluding steroid dienone is 3. The molecule has 4 aliphatic rings. The van der Waals surface area contributed by atoms with Gasteiger partial charge in [-0.15, -0.1) is 0 Å². The first-order chi connectivity index (χ1) is 24.1. The molecule has 0 aromatic rings. The summed E-state index contributed by atoms with van der Waals surface area (Å²) in [5.74, 6) is -3.77. The number of fused-ring (bicyclic) bond motifs is 3. The maximum absolute atomic E-state index is 13.9. The second-order valence-corrected chi connectivity index (χ2v) is 18.0. The van der Waals surface area contributed by atoms with Gasteiger partial charge in [0.15, 0.2) is 12.2 Å². The van der Waals surface area contributed by atoms with Gasteiger partial charge in [0.1, 0.15) is 12.2 Å². The van der Waals surface area contributed by atoms with E-state index in [2.05, 4.69) is 32.9 Å². The Morgan fingerprint density at radius 3 is 2.29 bits per heavy atom. The lowest BCUT2D eigenvalue weighted by molar-refractivity contribution is -0.241. The van der Waals surface area contributed by atoms with Gasteiger partial charge in [-0.05, 0) is 114 Å². The summed E-state index contributed by atoms with van der Waals surface area (Å²) in [6, 6.07) is 0. The normalized spacial score (nSPS) is 37.9. The van der Waals surface area contributed by atoms with Crippen LogP contribution < -0.4 is 0 Å². The number of rotatable bonds is 13. The molecular weight excluding hydrogens is 664 g/mol. The minimum absolute atomic E-state index is 0.000430. The van der Waals surface area contributed by atoms with Crippen LogP contribution in [0.15, 0.2) is 34.9 Å². The lowest BCUT2D eigenvalue weighted by atomic mass is 9.39. The molecule has 1 saturated heterocycles. The highest BCUT2D eigenvalue weighted by atomic mass is 16.6. The molecule has 0 unspecified atom stereocenters. The van der Waals surface area contributed by atoms with Crippen LogP contribution in [-0.2, 0) is 28.6 Å². The fourth-order valence-electron chi connectivity index (χ4n) is 11.0. The van der Waals surface area contributed by atoms with E-state index in [-0.39, 0.29) is 43.1 Å². The molecule has 0 amide bonds. The smallest absolute Gasteiger partial charge is 0.339 e. The van der Waals surface area contributed by atoms with E-state index >= 15 is 0 Å². The van der Waals surface area contributed by atoms with Crippen molar-refractivity contribution in [1.82, 2.24) is 0 Å². The number of carboxylic acids is 1. The second-order valence-electron chi connectivity index (χ2n) is 18.0. The molecule has 52 heavy (non-hydrogen) atoms. The van der Waals surface area contributed by atoms with Crippen LogP contribution in [-0.4, -0.2) is 81.1 Å². The summed E-state index contributed by atoms with van der Waals surface area (Å²) in [6.07, 6.45) is 4.29. The van der Waals surface area contributed by atoms with Crippen molar-refractivity contribution in [2.45, 2.75) is 157 Å². The number of carbonyl (C=O) groups excluding carboxylic acids is 2. The van der Waals surface area contributed by atoms with Crippen molar-refractivity contribution in [3.8, 4) is 0 Å². The maximum atomic E-state index is 13.9. The van der Waals surface area contributed by atoms with Crippen LogP contribution >= 0.6 is 0 Å². The Bertz CT molecular complexity index is 1440. The van der Waals surface area contributed by atoms with Gasteiger partial charge in [0, 0.05) is 17.8 Å². The summed E-state index contributed by atoms with van der Waals surface area (Å²) >= 11 is 0. The number of hydrogen-bond acceptors (Lipinski definition) is 9. The maximum Gasteiger partial charge on any atom is 0.339 e. The standard InChI is InChI=1S/C42H66O10/c1-12-24(5)34(45)37(47)51-29-21-41(10)28(26-19-27(50-22-26)18-23(3)4)14-15-30(41)42(11)32(52-38(48)35(46)25(6)13-2)20-31(39(7,8)49)40(9,36(29)42)17-16-33(43)44/h13,15,18,24,26-29,31-32,34-36,45-46,49H,12,14,16-17,19-22H2,1-11H3,(H,43,44)/b25-13+/t24-,26-,27-,28+,29-,31-,32-,34-,35-,36-,40+,41+,42-/m1/s1. The summed E-state index contributed by atoms with van der Waals surface area (Å²) in [4.78, 5) is 39.9. The molecule has 3 aliphatic carbocycles. The van der Waals surface area contributed by atoms with E-state index < -0.39 is 76.0 Å². The van der Waals surface area contributed by atoms with E-state index in [1.807, 2.05) is 20.8 Å². The fraction of sp³-hybridized carbons (Fsp3) is 0.786. The second kappa shape index (κ2) is 15.7. The zero-order chi connectivity index (χ0) is 39.1. The highest BCUT2D eigenvalue weighted by Crippen LogP contribution is 2.72. The summed E-state index contributed by atoms with van der Waals surface area (Å²) in [5.41, 5.74) is -1.11. The topological polar surface area (TPSA) is 160 Å². The van der Waals surface area contributed by atoms with Crippen molar-refractivity contribution in [3.05, 3.63) is 34.9 Å². The van der Waals surface area contributed by atoms with Gasteiger partial charge in [0.2, 0.25) is 0 Å². The predicted molar refractivity (Wildman–Crippen MR) is 198 cm³/mol. The number of aliphatic hydroxyl groups excluding tert-OH is 2. The van der Waals surface area contributed by atoms with E-state index in [1.165, 1.54) is 5.57 Å². The molecule has 3 fully saturated rings. The monoisotopic (exact) mass is 730 g/mol. The van der Waals surface area contributed by atoms with Gasteiger partial charge in [-0.25, -0.2) is 9.59 Å². The molecule has 13 atom stereocenters. The number of carbonyl (C=O) groups is 3. The third kappa shape index (κ3) is 7.82. The first-order valence-corrected chi connectivity index (χ1v) is 19.4. The van der Waals surface area contributed by atoms with E-state index in [1.54, 1.807) is 40.7 Å². The highest BCUT2D eigenvalue weighted by molar-refractivity contribution is 5.78. The van der Waals surface area contributed by atoms with E-state index in [9.17, 15) is 34.8 Å². The summed E-state index contributed by atoms with van der Waals surface area (Å²) < 4.78 is 19.2. The third-order valence-corrected chi connectivity index (χ3v) is 13.8. The highest BCUT2D eigenvalue weighted by Gasteiger charge is 2.71. The van der Waals surface area contributed by atoms with Crippen molar-refractivity contribution in [3.63, 3.8) is 0 Å². The summed E-state index contributed by atoms with van der Waals surface area (Å²) in [5, 5.41) is 44.0. The van der Waals surface area contributed by atoms with Crippen molar-refractivity contribution in [2.75, 3.05) is 6.61 Å². The minimum atomic E-state index is -1.49. The van der Waals surface area contributed by atoms with Gasteiger partial charge in [0.05, 0.1) is 18.3 Å². The van der Waals surface area contributed by atoms with Crippen molar-refractivity contribution in [2.24, 2.45) is 45.8 Å². The molecule has 0 radical (unpaired) electrons. The molecule has 0 aromatic heterocycles. The summed E-state index contributed by atoms with van der Waals surface area (Å²) in [6.45, 7) is 21.4. The number of aliphatic hydroxyl groups is 3. The molecular formula is C42H66O10. The van der Waals surface area contributed by atoms with E-state index in [0.29, 0.717) is 25.0 Å². The lowest BCUT2D eigenvalue weighted by Crippen LogP contribution is -2.68. The molecule has 1 heterocycles. The fourth-order valence-corrected chi connectivity index (χ4v) is 11.0. The van der Waals surface area contributed by atoms with Gasteiger partial charge >= 0.3 is 17.9 Å². The molecule has 294 valence electrons. The Hall–Kier alpha value is -2.53. The average molecular weight is 731 g/mol. The lowest BCUT2D eigenvalue weighted by Gasteiger charge is -2.67. The van der Waals surface area contributed by atoms with Gasteiger partial charge in [0.25, 0.3) is 0 Å². The average Bonchev–Trinajstić information content (AvgIpc) is 3.65. The van der Waals surface area contributed by atoms with Gasteiger partial charge in [-0.3, -0.25) is 4.79 Å². The number of aliphatic carboxylic acids is 1. The van der Waals surface area contributed by atoms with Gasteiger partial charge in [-0.1, -0.05) is 70.4 Å². The molecule has 1 aliphatic heterocycles. The van der Waals surface area contributed by atoms with Crippen LogP contribution in [0.5, 0.6) is 0 Å². The Labute approximate surface area is 311 Å². The first-order valence-electron chi connectivity index (χ1n) is 19.4. The molecule has 0 spiro atoms. The molecule has 2 saturated carbocycles. The molecule has 4 N–H and O–H groups in total. The van der Waals surface area contributed by atoms with Crippen LogP contribution in [0.25, 0.3) is 0 Å². The molecule has 0 bridgehead atoms.